The molecule has 0 atom stereocenters. The van der Waals surface area contributed by atoms with Gasteiger partial charge in [0.05, 0.1) is 4.47 Å². The van der Waals surface area contributed by atoms with Gasteiger partial charge in [-0.05, 0) is 36.0 Å². The number of aromatic nitrogens is 3. The number of hydrogen-bond donors (Lipinski definition) is 1. The highest BCUT2D eigenvalue weighted by atomic mass is 79.9. The Bertz CT molecular complexity index is 541. The minimum atomic E-state index is 0.410. The maximum atomic E-state index is 5.90. The predicted octanol–water partition coefficient (Wildman–Crippen LogP) is 2.36. The van der Waals surface area contributed by atoms with Gasteiger partial charge in [0.15, 0.2) is 5.82 Å². The summed E-state index contributed by atoms with van der Waals surface area (Å²) in [5.41, 5.74) is 1.11. The van der Waals surface area contributed by atoms with Crippen LogP contribution < -0.4 is 10.1 Å². The SMILES string of the molecule is CCn1ncnc1COc1c(Br)cccc1CNC. The lowest BCUT2D eigenvalue weighted by Gasteiger charge is -2.13. The van der Waals surface area contributed by atoms with Gasteiger partial charge in [0, 0.05) is 18.7 Å². The van der Waals surface area contributed by atoms with E-state index in [1.807, 2.05) is 36.9 Å². The highest BCUT2D eigenvalue weighted by Gasteiger charge is 2.10. The first-order valence-corrected chi connectivity index (χ1v) is 6.97. The summed E-state index contributed by atoms with van der Waals surface area (Å²) in [5.74, 6) is 1.68. The van der Waals surface area contributed by atoms with Crippen molar-refractivity contribution in [2.75, 3.05) is 7.05 Å². The Morgan fingerprint density at radius 1 is 1.42 bits per heavy atom. The maximum Gasteiger partial charge on any atom is 0.164 e. The van der Waals surface area contributed by atoms with E-state index in [9.17, 15) is 0 Å². The second-order valence-electron chi connectivity index (χ2n) is 4.04. The van der Waals surface area contributed by atoms with Gasteiger partial charge in [-0.3, -0.25) is 0 Å². The van der Waals surface area contributed by atoms with Gasteiger partial charge in [-0.1, -0.05) is 12.1 Å². The lowest BCUT2D eigenvalue weighted by Crippen LogP contribution is -2.10. The van der Waals surface area contributed by atoms with E-state index in [2.05, 4.69) is 31.3 Å². The van der Waals surface area contributed by atoms with Crippen LogP contribution in [0, 0.1) is 0 Å². The molecule has 2 rings (SSSR count). The van der Waals surface area contributed by atoms with Crippen LogP contribution in [0.2, 0.25) is 0 Å². The third kappa shape index (κ3) is 3.33. The molecule has 0 aliphatic rings. The van der Waals surface area contributed by atoms with Crippen LogP contribution in [0.4, 0.5) is 0 Å². The van der Waals surface area contributed by atoms with Crippen molar-refractivity contribution < 1.29 is 4.74 Å². The summed E-state index contributed by atoms with van der Waals surface area (Å²) in [4.78, 5) is 4.20. The third-order valence-electron chi connectivity index (χ3n) is 2.76. The smallest absolute Gasteiger partial charge is 0.164 e. The minimum absolute atomic E-state index is 0.410. The zero-order chi connectivity index (χ0) is 13.7. The van der Waals surface area contributed by atoms with Crippen LogP contribution in [0.5, 0.6) is 5.75 Å². The van der Waals surface area contributed by atoms with Gasteiger partial charge in [0.2, 0.25) is 0 Å². The van der Waals surface area contributed by atoms with E-state index in [4.69, 9.17) is 4.74 Å². The van der Waals surface area contributed by atoms with Gasteiger partial charge < -0.3 is 10.1 Å². The van der Waals surface area contributed by atoms with Crippen molar-refractivity contribution in [1.82, 2.24) is 20.1 Å². The Hall–Kier alpha value is -1.40. The first-order chi connectivity index (χ1) is 9.26. The number of halogens is 1. The summed E-state index contributed by atoms with van der Waals surface area (Å²) in [6.07, 6.45) is 1.55. The molecule has 1 heterocycles. The van der Waals surface area contributed by atoms with Crippen molar-refractivity contribution in [2.45, 2.75) is 26.6 Å². The molecule has 0 aliphatic heterocycles. The fourth-order valence-electron chi connectivity index (χ4n) is 1.85. The standard InChI is InChI=1S/C13H17BrN4O/c1-3-18-12(16-9-17-18)8-19-13-10(7-15-2)5-4-6-11(13)14/h4-6,9,15H,3,7-8H2,1-2H3. The summed E-state index contributed by atoms with van der Waals surface area (Å²) >= 11 is 3.52. The molecule has 1 aromatic heterocycles. The summed E-state index contributed by atoms with van der Waals surface area (Å²) in [6.45, 7) is 3.99. The summed E-state index contributed by atoms with van der Waals surface area (Å²) < 4.78 is 8.67. The quantitative estimate of drug-likeness (QED) is 0.886. The molecule has 19 heavy (non-hydrogen) atoms. The maximum absolute atomic E-state index is 5.90. The molecule has 0 amide bonds. The van der Waals surface area contributed by atoms with E-state index < -0.39 is 0 Å². The molecule has 0 saturated carbocycles. The number of hydrogen-bond acceptors (Lipinski definition) is 4. The zero-order valence-corrected chi connectivity index (χ0v) is 12.6. The lowest BCUT2D eigenvalue weighted by molar-refractivity contribution is 0.282. The van der Waals surface area contributed by atoms with Crippen molar-refractivity contribution in [2.24, 2.45) is 0 Å². The van der Waals surface area contributed by atoms with E-state index in [0.717, 1.165) is 34.7 Å². The average Bonchev–Trinajstić information content (AvgIpc) is 2.86. The largest absolute Gasteiger partial charge is 0.484 e. The Balaban J connectivity index is 2.15. The zero-order valence-electron chi connectivity index (χ0n) is 11.1. The fourth-order valence-corrected chi connectivity index (χ4v) is 2.37. The number of aryl methyl sites for hydroxylation is 1. The Morgan fingerprint density at radius 2 is 2.26 bits per heavy atom. The summed E-state index contributed by atoms with van der Waals surface area (Å²) in [6, 6.07) is 6.01. The lowest BCUT2D eigenvalue weighted by atomic mass is 10.2. The van der Waals surface area contributed by atoms with Crippen LogP contribution in [0.3, 0.4) is 0 Å². The first-order valence-electron chi connectivity index (χ1n) is 6.17. The van der Waals surface area contributed by atoms with Gasteiger partial charge in [0.25, 0.3) is 0 Å². The highest BCUT2D eigenvalue weighted by Crippen LogP contribution is 2.29. The van der Waals surface area contributed by atoms with Crippen LogP contribution >= 0.6 is 15.9 Å². The van der Waals surface area contributed by atoms with E-state index in [-0.39, 0.29) is 0 Å². The monoisotopic (exact) mass is 324 g/mol. The van der Waals surface area contributed by atoms with Gasteiger partial charge in [-0.25, -0.2) is 9.67 Å². The molecule has 0 radical (unpaired) electrons. The van der Waals surface area contributed by atoms with E-state index in [0.29, 0.717) is 6.61 Å². The first kappa shape index (κ1) is 14.0. The molecule has 0 spiro atoms. The predicted molar refractivity (Wildman–Crippen MR) is 76.9 cm³/mol. The topological polar surface area (TPSA) is 52.0 Å². The second kappa shape index (κ2) is 6.68. The number of nitrogens with one attached hydrogen (secondary N) is 1. The molecule has 0 unspecified atom stereocenters. The Morgan fingerprint density at radius 3 is 3.00 bits per heavy atom. The molecule has 1 aromatic carbocycles. The molecule has 0 saturated heterocycles. The number of rotatable bonds is 6. The number of benzene rings is 1. The van der Waals surface area contributed by atoms with E-state index >= 15 is 0 Å². The molecular formula is C13H17BrN4O. The van der Waals surface area contributed by atoms with Gasteiger partial charge in [0.1, 0.15) is 18.7 Å². The van der Waals surface area contributed by atoms with Crippen molar-refractivity contribution in [3.8, 4) is 5.75 Å². The Labute approximate surface area is 121 Å². The van der Waals surface area contributed by atoms with E-state index in [1.54, 1.807) is 6.33 Å². The van der Waals surface area contributed by atoms with Crippen molar-refractivity contribution in [3.05, 3.63) is 40.4 Å². The second-order valence-corrected chi connectivity index (χ2v) is 4.89. The molecular weight excluding hydrogens is 308 g/mol. The molecule has 2 aromatic rings. The summed E-state index contributed by atoms with van der Waals surface area (Å²) in [7, 11) is 1.92. The molecule has 5 nitrogen and oxygen atoms in total. The van der Waals surface area contributed by atoms with Crippen molar-refractivity contribution >= 4 is 15.9 Å². The molecule has 0 aliphatic carbocycles. The third-order valence-corrected chi connectivity index (χ3v) is 3.38. The van der Waals surface area contributed by atoms with Crippen molar-refractivity contribution in [3.63, 3.8) is 0 Å². The van der Waals surface area contributed by atoms with E-state index in [1.165, 1.54) is 0 Å². The number of ether oxygens (including phenoxy) is 1. The van der Waals surface area contributed by atoms with Crippen LogP contribution in [-0.2, 0) is 19.7 Å². The molecule has 6 heteroatoms. The van der Waals surface area contributed by atoms with Crippen LogP contribution in [0.25, 0.3) is 0 Å². The van der Waals surface area contributed by atoms with Crippen LogP contribution in [0.15, 0.2) is 29.0 Å². The highest BCUT2D eigenvalue weighted by molar-refractivity contribution is 9.10. The molecule has 0 fully saturated rings. The Kier molecular flexibility index (Phi) is 4.93. The van der Waals surface area contributed by atoms with Crippen LogP contribution in [0.1, 0.15) is 18.3 Å². The minimum Gasteiger partial charge on any atom is -0.484 e. The van der Waals surface area contributed by atoms with Crippen molar-refractivity contribution in [1.29, 1.82) is 0 Å². The van der Waals surface area contributed by atoms with Gasteiger partial charge in [-0.15, -0.1) is 0 Å². The molecule has 1 N–H and O–H groups in total. The summed E-state index contributed by atoms with van der Waals surface area (Å²) in [5, 5.41) is 7.26. The molecule has 102 valence electrons. The van der Waals surface area contributed by atoms with Crippen LogP contribution in [-0.4, -0.2) is 21.8 Å². The number of para-hydroxylation sites is 1. The average molecular weight is 325 g/mol. The van der Waals surface area contributed by atoms with Gasteiger partial charge in [-0.2, -0.15) is 5.10 Å². The molecule has 0 bridgehead atoms. The normalized spacial score (nSPS) is 10.7. The fraction of sp³-hybridized carbons (Fsp3) is 0.385. The van der Waals surface area contributed by atoms with Gasteiger partial charge >= 0.3 is 0 Å². The number of nitrogens with zero attached hydrogens (tertiary/aromatic N) is 3.